The standard InChI is InChI=1S/C20H20BrN3O6/c1-3-28-19-14(21)6-12(7-17(19)27-2)9-23-24-18(25)10-22-20(26)13-4-5-15-16(8-13)30-11-29-15/h4-9H,3,10-11H2,1-2H3,(H,22,26)(H,24,25)/b23-9+. The Morgan fingerprint density at radius 1 is 1.23 bits per heavy atom. The maximum absolute atomic E-state index is 12.2. The van der Waals surface area contributed by atoms with Crippen molar-refractivity contribution in [2.24, 2.45) is 5.10 Å². The molecule has 158 valence electrons. The Bertz CT molecular complexity index is 979. The summed E-state index contributed by atoms with van der Waals surface area (Å²) in [6.45, 7) is 2.26. The molecule has 10 heteroatoms. The third-order valence-electron chi connectivity index (χ3n) is 3.99. The highest BCUT2D eigenvalue weighted by Crippen LogP contribution is 2.36. The maximum atomic E-state index is 12.2. The maximum Gasteiger partial charge on any atom is 0.259 e. The number of methoxy groups -OCH3 is 1. The van der Waals surface area contributed by atoms with Gasteiger partial charge in [-0.25, -0.2) is 5.43 Å². The van der Waals surface area contributed by atoms with E-state index in [9.17, 15) is 9.59 Å². The summed E-state index contributed by atoms with van der Waals surface area (Å²) >= 11 is 3.42. The second-order valence-electron chi connectivity index (χ2n) is 6.01. The number of hydrogen-bond donors (Lipinski definition) is 2. The van der Waals surface area contributed by atoms with Gasteiger partial charge in [0.25, 0.3) is 11.8 Å². The lowest BCUT2D eigenvalue weighted by molar-refractivity contribution is -0.120. The van der Waals surface area contributed by atoms with Gasteiger partial charge in [-0.3, -0.25) is 9.59 Å². The minimum atomic E-state index is -0.475. The number of amides is 2. The number of ether oxygens (including phenoxy) is 4. The second-order valence-corrected chi connectivity index (χ2v) is 6.87. The van der Waals surface area contributed by atoms with Gasteiger partial charge in [-0.15, -0.1) is 0 Å². The van der Waals surface area contributed by atoms with Crippen LogP contribution in [0.15, 0.2) is 39.9 Å². The van der Waals surface area contributed by atoms with Crippen LogP contribution < -0.4 is 29.7 Å². The molecule has 0 aliphatic carbocycles. The normalized spacial score (nSPS) is 12.0. The van der Waals surface area contributed by atoms with E-state index in [4.69, 9.17) is 18.9 Å². The lowest BCUT2D eigenvalue weighted by atomic mass is 10.2. The zero-order chi connectivity index (χ0) is 21.5. The summed E-state index contributed by atoms with van der Waals surface area (Å²) < 4.78 is 22.0. The molecule has 0 saturated heterocycles. The molecule has 0 spiro atoms. The second kappa shape index (κ2) is 9.97. The highest BCUT2D eigenvalue weighted by Gasteiger charge is 2.16. The van der Waals surface area contributed by atoms with Gasteiger partial charge in [0.1, 0.15) is 0 Å². The van der Waals surface area contributed by atoms with Crippen LogP contribution in [0, 0.1) is 0 Å². The molecule has 3 rings (SSSR count). The highest BCUT2D eigenvalue weighted by atomic mass is 79.9. The van der Waals surface area contributed by atoms with Gasteiger partial charge in [-0.2, -0.15) is 5.10 Å². The minimum Gasteiger partial charge on any atom is -0.493 e. The van der Waals surface area contributed by atoms with E-state index in [-0.39, 0.29) is 13.3 Å². The highest BCUT2D eigenvalue weighted by molar-refractivity contribution is 9.10. The number of halogens is 1. The number of benzene rings is 2. The van der Waals surface area contributed by atoms with Gasteiger partial charge in [0.05, 0.1) is 30.9 Å². The molecular formula is C20H20BrN3O6. The van der Waals surface area contributed by atoms with Crippen molar-refractivity contribution in [3.8, 4) is 23.0 Å². The zero-order valence-electron chi connectivity index (χ0n) is 16.4. The van der Waals surface area contributed by atoms with E-state index in [1.165, 1.54) is 13.3 Å². The van der Waals surface area contributed by atoms with Crippen LogP contribution in [-0.4, -0.2) is 45.1 Å². The van der Waals surface area contributed by atoms with Crippen LogP contribution >= 0.6 is 15.9 Å². The topological polar surface area (TPSA) is 107 Å². The third kappa shape index (κ3) is 5.20. The average Bonchev–Trinajstić information content (AvgIpc) is 3.21. The molecule has 0 unspecified atom stereocenters. The van der Waals surface area contributed by atoms with Crippen molar-refractivity contribution in [3.63, 3.8) is 0 Å². The summed E-state index contributed by atoms with van der Waals surface area (Å²) in [5.41, 5.74) is 3.41. The fraction of sp³-hybridized carbons (Fsp3) is 0.250. The predicted octanol–water partition coefficient (Wildman–Crippen LogP) is 2.47. The molecule has 0 aromatic heterocycles. The average molecular weight is 478 g/mol. The van der Waals surface area contributed by atoms with E-state index in [0.717, 1.165) is 0 Å². The van der Waals surface area contributed by atoms with Crippen LogP contribution in [0.5, 0.6) is 23.0 Å². The molecule has 1 heterocycles. The van der Waals surface area contributed by atoms with E-state index in [1.807, 2.05) is 6.92 Å². The Kier molecular flexibility index (Phi) is 7.12. The molecule has 1 aliphatic rings. The van der Waals surface area contributed by atoms with Crippen LogP contribution in [0.1, 0.15) is 22.8 Å². The first kappa shape index (κ1) is 21.4. The molecule has 0 fully saturated rings. The number of fused-ring (bicyclic) bond motifs is 1. The molecule has 0 bridgehead atoms. The summed E-state index contributed by atoms with van der Waals surface area (Å²) in [6, 6.07) is 8.31. The number of nitrogens with zero attached hydrogens (tertiary/aromatic N) is 1. The van der Waals surface area contributed by atoms with E-state index in [2.05, 4.69) is 31.8 Å². The molecular weight excluding hydrogens is 458 g/mol. The molecule has 0 radical (unpaired) electrons. The van der Waals surface area contributed by atoms with Gasteiger partial charge in [-0.05, 0) is 58.7 Å². The summed E-state index contributed by atoms with van der Waals surface area (Å²) in [4.78, 5) is 24.1. The Balaban J connectivity index is 1.52. The van der Waals surface area contributed by atoms with Crippen molar-refractivity contribution >= 4 is 34.0 Å². The lowest BCUT2D eigenvalue weighted by Crippen LogP contribution is -2.34. The van der Waals surface area contributed by atoms with Gasteiger partial charge in [0.2, 0.25) is 6.79 Å². The Labute approximate surface area is 181 Å². The smallest absolute Gasteiger partial charge is 0.259 e. The monoisotopic (exact) mass is 477 g/mol. The van der Waals surface area contributed by atoms with Crippen LogP contribution in [0.4, 0.5) is 0 Å². The molecule has 0 atom stereocenters. The first-order valence-electron chi connectivity index (χ1n) is 9.02. The van der Waals surface area contributed by atoms with E-state index < -0.39 is 11.8 Å². The van der Waals surface area contributed by atoms with Crippen molar-refractivity contribution in [1.29, 1.82) is 0 Å². The summed E-state index contributed by atoms with van der Waals surface area (Å²) in [5, 5.41) is 6.42. The van der Waals surface area contributed by atoms with Crippen molar-refractivity contribution in [2.45, 2.75) is 6.92 Å². The molecule has 0 saturated carbocycles. The van der Waals surface area contributed by atoms with Gasteiger partial charge in [0.15, 0.2) is 23.0 Å². The van der Waals surface area contributed by atoms with Gasteiger partial charge >= 0.3 is 0 Å². The lowest BCUT2D eigenvalue weighted by Gasteiger charge is -2.12. The number of nitrogens with one attached hydrogen (secondary N) is 2. The van der Waals surface area contributed by atoms with Crippen molar-refractivity contribution in [2.75, 3.05) is 27.1 Å². The summed E-state index contributed by atoms with van der Waals surface area (Å²) in [7, 11) is 1.54. The molecule has 2 aromatic rings. The fourth-order valence-electron chi connectivity index (χ4n) is 2.62. The van der Waals surface area contributed by atoms with Crippen molar-refractivity contribution in [1.82, 2.24) is 10.7 Å². The SMILES string of the molecule is CCOc1c(Br)cc(/C=N/NC(=O)CNC(=O)c2ccc3c(c2)OCO3)cc1OC. The molecule has 2 amide bonds. The number of carbonyl (C=O) groups excluding carboxylic acids is 2. The van der Waals surface area contributed by atoms with Crippen molar-refractivity contribution < 1.29 is 28.5 Å². The Morgan fingerprint density at radius 2 is 2.03 bits per heavy atom. The van der Waals surface area contributed by atoms with Gasteiger partial charge in [0, 0.05) is 5.56 Å². The summed E-state index contributed by atoms with van der Waals surface area (Å²) in [5.74, 6) is 1.32. The quantitative estimate of drug-likeness (QED) is 0.446. The summed E-state index contributed by atoms with van der Waals surface area (Å²) in [6.07, 6.45) is 1.46. The molecule has 2 N–H and O–H groups in total. The largest absolute Gasteiger partial charge is 0.493 e. The van der Waals surface area contributed by atoms with Gasteiger partial charge < -0.3 is 24.3 Å². The van der Waals surface area contributed by atoms with E-state index >= 15 is 0 Å². The molecule has 2 aromatic carbocycles. The number of carbonyl (C=O) groups is 2. The van der Waals surface area contributed by atoms with Crippen LogP contribution in [0.3, 0.4) is 0 Å². The number of hydrazone groups is 1. The molecule has 1 aliphatic heterocycles. The first-order valence-corrected chi connectivity index (χ1v) is 9.81. The predicted molar refractivity (Wildman–Crippen MR) is 112 cm³/mol. The third-order valence-corrected chi connectivity index (χ3v) is 4.58. The van der Waals surface area contributed by atoms with Crippen LogP contribution in [-0.2, 0) is 4.79 Å². The number of hydrogen-bond acceptors (Lipinski definition) is 7. The van der Waals surface area contributed by atoms with Crippen molar-refractivity contribution in [3.05, 3.63) is 45.9 Å². The first-order chi connectivity index (χ1) is 14.5. The van der Waals surface area contributed by atoms with E-state index in [0.29, 0.717) is 45.2 Å². The minimum absolute atomic E-state index is 0.123. The van der Waals surface area contributed by atoms with Gasteiger partial charge in [-0.1, -0.05) is 0 Å². The van der Waals surface area contributed by atoms with Crippen LogP contribution in [0.2, 0.25) is 0 Å². The Hall–Kier alpha value is -3.27. The van der Waals surface area contributed by atoms with Crippen LogP contribution in [0.25, 0.3) is 0 Å². The van der Waals surface area contributed by atoms with E-state index in [1.54, 1.807) is 30.3 Å². The molecule has 9 nitrogen and oxygen atoms in total. The Morgan fingerprint density at radius 3 is 2.80 bits per heavy atom. The molecule has 30 heavy (non-hydrogen) atoms. The zero-order valence-corrected chi connectivity index (χ0v) is 17.9. The number of rotatable bonds is 8. The fourth-order valence-corrected chi connectivity index (χ4v) is 3.19.